The van der Waals surface area contributed by atoms with Gasteiger partial charge in [0.25, 0.3) is 0 Å². The lowest BCUT2D eigenvalue weighted by atomic mass is 10.0. The second-order valence-corrected chi connectivity index (χ2v) is 8.02. The number of nitrogens with one attached hydrogen (secondary N) is 2. The summed E-state index contributed by atoms with van der Waals surface area (Å²) in [4.78, 5) is 13.3. The molecule has 1 aliphatic rings. The van der Waals surface area contributed by atoms with E-state index in [-0.39, 0.29) is 11.9 Å². The summed E-state index contributed by atoms with van der Waals surface area (Å²) in [7, 11) is 1.58. The highest BCUT2D eigenvalue weighted by molar-refractivity contribution is 8.00. The van der Waals surface area contributed by atoms with Crippen LogP contribution in [0.4, 0.5) is 5.69 Å². The van der Waals surface area contributed by atoms with E-state index in [0.717, 1.165) is 17.8 Å². The number of halogens is 1. The predicted octanol–water partition coefficient (Wildman–Crippen LogP) is 3.90. The van der Waals surface area contributed by atoms with Gasteiger partial charge < -0.3 is 15.5 Å². The van der Waals surface area contributed by atoms with Crippen molar-refractivity contribution in [3.63, 3.8) is 0 Å². The number of methoxy groups -OCH3 is 1. The minimum absolute atomic E-state index is 0.153. The molecule has 7 nitrogen and oxygen atoms in total. The molecule has 2 atom stereocenters. The fourth-order valence-electron chi connectivity index (χ4n) is 3.20. The van der Waals surface area contributed by atoms with Crippen molar-refractivity contribution in [1.82, 2.24) is 14.9 Å². The SMILES string of the molecule is CCc1nnc2n1N[C@@H](c1ccc(Cl)cc1)[C@H](C(=O)Nc1ccccc1OC)S2. The van der Waals surface area contributed by atoms with Gasteiger partial charge in [-0.2, -0.15) is 0 Å². The number of ether oxygens (including phenoxy) is 1. The minimum Gasteiger partial charge on any atom is -0.495 e. The van der Waals surface area contributed by atoms with E-state index >= 15 is 0 Å². The normalized spacial score (nSPS) is 17.9. The molecule has 2 N–H and O–H groups in total. The Labute approximate surface area is 177 Å². The number of hydrogen-bond donors (Lipinski definition) is 2. The molecular weight excluding hydrogens is 410 g/mol. The first-order valence-electron chi connectivity index (χ1n) is 9.17. The predicted molar refractivity (Wildman–Crippen MR) is 114 cm³/mol. The molecule has 2 aromatic carbocycles. The number of carbonyl (C=O) groups is 1. The van der Waals surface area contributed by atoms with Crippen LogP contribution in [0, 0.1) is 0 Å². The van der Waals surface area contributed by atoms with E-state index < -0.39 is 5.25 Å². The molecule has 0 bridgehead atoms. The van der Waals surface area contributed by atoms with Crippen LogP contribution in [0.25, 0.3) is 0 Å². The van der Waals surface area contributed by atoms with Crippen molar-refractivity contribution in [1.29, 1.82) is 0 Å². The summed E-state index contributed by atoms with van der Waals surface area (Å²) in [6, 6.07) is 14.5. The van der Waals surface area contributed by atoms with Gasteiger partial charge >= 0.3 is 0 Å². The number of carbonyl (C=O) groups excluding carboxylic acids is 1. The first-order valence-corrected chi connectivity index (χ1v) is 10.4. The standard InChI is InChI=1S/C20H20ClN5O2S/c1-3-16-23-24-20-26(16)25-17(12-8-10-13(21)11-9-12)18(29-20)19(27)22-14-6-4-5-7-15(14)28-2/h4-11,17-18,25H,3H2,1-2H3,(H,22,27)/t17-,18+/m0/s1. The van der Waals surface area contributed by atoms with E-state index in [4.69, 9.17) is 16.3 Å². The Balaban J connectivity index is 1.68. The van der Waals surface area contributed by atoms with Crippen molar-refractivity contribution in [2.45, 2.75) is 29.8 Å². The van der Waals surface area contributed by atoms with Gasteiger partial charge in [-0.05, 0) is 29.8 Å². The number of fused-ring (bicyclic) bond motifs is 1. The highest BCUT2D eigenvalue weighted by atomic mass is 35.5. The van der Waals surface area contributed by atoms with Crippen molar-refractivity contribution >= 4 is 35.0 Å². The lowest BCUT2D eigenvalue weighted by Crippen LogP contribution is -2.41. The van der Waals surface area contributed by atoms with Gasteiger partial charge in [0, 0.05) is 11.4 Å². The van der Waals surface area contributed by atoms with Gasteiger partial charge in [0.1, 0.15) is 11.0 Å². The van der Waals surface area contributed by atoms with Crippen LogP contribution in [-0.4, -0.2) is 33.1 Å². The molecule has 4 rings (SSSR count). The summed E-state index contributed by atoms with van der Waals surface area (Å²) in [5.74, 6) is 1.27. The Morgan fingerprint density at radius 1 is 1.24 bits per heavy atom. The molecule has 1 aliphatic heterocycles. The van der Waals surface area contributed by atoms with E-state index in [1.807, 2.05) is 60.1 Å². The minimum atomic E-state index is -0.470. The average Bonchev–Trinajstić information content (AvgIpc) is 3.16. The number of nitrogens with zero attached hydrogens (tertiary/aromatic N) is 3. The molecule has 0 fully saturated rings. The van der Waals surface area contributed by atoms with Gasteiger partial charge in [0.05, 0.1) is 18.8 Å². The van der Waals surface area contributed by atoms with E-state index in [1.165, 1.54) is 11.8 Å². The molecule has 3 aromatic rings. The van der Waals surface area contributed by atoms with Gasteiger partial charge in [0.2, 0.25) is 11.1 Å². The third kappa shape index (κ3) is 3.90. The number of para-hydroxylation sites is 2. The highest BCUT2D eigenvalue weighted by Crippen LogP contribution is 2.38. The first-order chi connectivity index (χ1) is 14.1. The van der Waals surface area contributed by atoms with Crippen LogP contribution in [0.5, 0.6) is 5.75 Å². The quantitative estimate of drug-likeness (QED) is 0.640. The molecule has 1 aromatic heterocycles. The zero-order chi connectivity index (χ0) is 20.4. The van der Waals surface area contributed by atoms with Crippen LogP contribution >= 0.6 is 23.4 Å². The van der Waals surface area contributed by atoms with Crippen molar-refractivity contribution < 1.29 is 9.53 Å². The number of hydrogen-bond acceptors (Lipinski definition) is 6. The first kappa shape index (κ1) is 19.6. The Morgan fingerprint density at radius 2 is 2.00 bits per heavy atom. The number of benzene rings is 2. The molecule has 9 heteroatoms. The molecule has 0 radical (unpaired) electrons. The maximum atomic E-state index is 13.3. The van der Waals surface area contributed by atoms with Crippen molar-refractivity contribution in [2.75, 3.05) is 17.9 Å². The van der Waals surface area contributed by atoms with Crippen LogP contribution in [0.15, 0.2) is 53.7 Å². The van der Waals surface area contributed by atoms with Crippen LogP contribution in [0.3, 0.4) is 0 Å². The molecular formula is C20H20ClN5O2S. The monoisotopic (exact) mass is 429 g/mol. The number of aryl methyl sites for hydroxylation is 1. The number of amides is 1. The van der Waals surface area contributed by atoms with Gasteiger partial charge in [-0.15, -0.1) is 10.2 Å². The molecule has 29 heavy (non-hydrogen) atoms. The Kier molecular flexibility index (Phi) is 5.64. The number of thioether (sulfide) groups is 1. The van der Waals surface area contributed by atoms with E-state index in [9.17, 15) is 4.79 Å². The third-order valence-electron chi connectivity index (χ3n) is 4.67. The van der Waals surface area contributed by atoms with Crippen LogP contribution in [0.2, 0.25) is 5.02 Å². The number of aromatic nitrogens is 3. The molecule has 0 saturated heterocycles. The number of rotatable bonds is 5. The lowest BCUT2D eigenvalue weighted by molar-refractivity contribution is -0.116. The van der Waals surface area contributed by atoms with Crippen molar-refractivity contribution in [3.05, 3.63) is 64.9 Å². The molecule has 0 aliphatic carbocycles. The van der Waals surface area contributed by atoms with E-state index in [2.05, 4.69) is 20.9 Å². The molecule has 0 unspecified atom stereocenters. The molecule has 0 saturated carbocycles. The largest absolute Gasteiger partial charge is 0.495 e. The van der Waals surface area contributed by atoms with Crippen LogP contribution in [-0.2, 0) is 11.2 Å². The molecule has 1 amide bonds. The van der Waals surface area contributed by atoms with Gasteiger partial charge in [-0.3, -0.25) is 4.79 Å². The zero-order valence-electron chi connectivity index (χ0n) is 15.9. The van der Waals surface area contributed by atoms with E-state index in [1.54, 1.807) is 7.11 Å². The lowest BCUT2D eigenvalue weighted by Gasteiger charge is -2.33. The molecule has 150 valence electrons. The topological polar surface area (TPSA) is 81.1 Å². The fraction of sp³-hybridized carbons (Fsp3) is 0.250. The Hall–Kier alpha value is -2.71. The smallest absolute Gasteiger partial charge is 0.240 e. The maximum Gasteiger partial charge on any atom is 0.240 e. The van der Waals surface area contributed by atoms with Crippen LogP contribution < -0.4 is 15.5 Å². The second-order valence-electron chi connectivity index (χ2n) is 6.47. The van der Waals surface area contributed by atoms with Gasteiger partial charge in [0.15, 0.2) is 5.82 Å². The molecule has 0 spiro atoms. The van der Waals surface area contributed by atoms with Crippen molar-refractivity contribution in [3.8, 4) is 5.75 Å². The average molecular weight is 430 g/mol. The maximum absolute atomic E-state index is 13.3. The van der Waals surface area contributed by atoms with Gasteiger partial charge in [-0.25, -0.2) is 4.68 Å². The number of anilines is 1. The fourth-order valence-corrected chi connectivity index (χ4v) is 4.42. The van der Waals surface area contributed by atoms with Gasteiger partial charge in [-0.1, -0.05) is 54.6 Å². The van der Waals surface area contributed by atoms with Crippen LogP contribution in [0.1, 0.15) is 24.4 Å². The Morgan fingerprint density at radius 3 is 2.72 bits per heavy atom. The highest BCUT2D eigenvalue weighted by Gasteiger charge is 2.37. The van der Waals surface area contributed by atoms with E-state index in [0.29, 0.717) is 21.6 Å². The molecule has 2 heterocycles. The second kappa shape index (κ2) is 8.34. The summed E-state index contributed by atoms with van der Waals surface area (Å²) in [5, 5.41) is 12.3. The summed E-state index contributed by atoms with van der Waals surface area (Å²) < 4.78 is 7.21. The van der Waals surface area contributed by atoms with Crippen molar-refractivity contribution in [2.24, 2.45) is 0 Å². The summed E-state index contributed by atoms with van der Waals surface area (Å²) >= 11 is 7.44. The zero-order valence-corrected chi connectivity index (χ0v) is 17.5. The summed E-state index contributed by atoms with van der Waals surface area (Å²) in [5.41, 5.74) is 4.98. The summed E-state index contributed by atoms with van der Waals surface area (Å²) in [6.45, 7) is 2.02. The summed E-state index contributed by atoms with van der Waals surface area (Å²) in [6.07, 6.45) is 0.728. The Bertz CT molecular complexity index is 1020. The third-order valence-corrected chi connectivity index (χ3v) is 6.14.